The third-order valence-electron chi connectivity index (χ3n) is 4.13. The third kappa shape index (κ3) is 3.24. The molecule has 0 N–H and O–H groups in total. The summed E-state index contributed by atoms with van der Waals surface area (Å²) in [5.74, 6) is 0.776. The minimum absolute atomic E-state index is 0.278. The van der Waals surface area contributed by atoms with Crippen molar-refractivity contribution in [2.45, 2.75) is 45.3 Å². The van der Waals surface area contributed by atoms with E-state index in [-0.39, 0.29) is 6.10 Å². The van der Waals surface area contributed by atoms with Crippen molar-refractivity contribution in [1.29, 1.82) is 0 Å². The highest BCUT2D eigenvalue weighted by molar-refractivity contribution is 5.41. The average molecular weight is 304 g/mol. The van der Waals surface area contributed by atoms with Gasteiger partial charge in [-0.3, -0.25) is 9.09 Å². The van der Waals surface area contributed by atoms with Crippen molar-refractivity contribution in [2.75, 3.05) is 6.61 Å². The number of nitrogens with zero attached hydrogens (tertiary/aromatic N) is 4. The first-order chi connectivity index (χ1) is 10.8. The molecular weight excluding hydrogens is 284 g/mol. The number of rotatable bonds is 5. The van der Waals surface area contributed by atoms with Crippen LogP contribution in [0.2, 0.25) is 0 Å². The summed E-state index contributed by atoms with van der Waals surface area (Å²) < 4.78 is 12.1. The van der Waals surface area contributed by atoms with Crippen LogP contribution in [0, 0.1) is 5.92 Å². The highest BCUT2D eigenvalue weighted by atomic mass is 16.5. The van der Waals surface area contributed by atoms with E-state index in [9.17, 15) is 4.79 Å². The molecule has 2 atom stereocenters. The Kier molecular flexibility index (Phi) is 4.62. The van der Waals surface area contributed by atoms with Crippen LogP contribution >= 0.6 is 0 Å². The quantitative estimate of drug-likeness (QED) is 0.839. The zero-order chi connectivity index (χ0) is 15.4. The predicted octanol–water partition coefficient (Wildman–Crippen LogP) is 1.89. The lowest BCUT2D eigenvalue weighted by molar-refractivity contribution is -0.00873. The predicted molar refractivity (Wildman–Crippen MR) is 79.2 cm³/mol. The van der Waals surface area contributed by atoms with Crippen molar-refractivity contribution in [3.8, 4) is 11.6 Å². The first-order valence-corrected chi connectivity index (χ1v) is 7.71. The first kappa shape index (κ1) is 14.9. The van der Waals surface area contributed by atoms with Crippen LogP contribution in [0.25, 0.3) is 11.6 Å². The second-order valence-corrected chi connectivity index (χ2v) is 5.67. The van der Waals surface area contributed by atoms with Crippen LogP contribution in [0.3, 0.4) is 0 Å². The SMILES string of the molecule is C[C@@H]1CCCC[C@H]1OCCn1c(-c2ncccn2)noc1=O. The van der Waals surface area contributed by atoms with Gasteiger partial charge in [-0.05, 0) is 24.8 Å². The molecule has 3 rings (SSSR count). The van der Waals surface area contributed by atoms with Gasteiger partial charge < -0.3 is 4.74 Å². The van der Waals surface area contributed by atoms with Crippen LogP contribution in [0.15, 0.2) is 27.8 Å². The van der Waals surface area contributed by atoms with E-state index in [1.807, 2.05) is 0 Å². The number of ether oxygens (including phenoxy) is 1. The van der Waals surface area contributed by atoms with E-state index < -0.39 is 5.76 Å². The van der Waals surface area contributed by atoms with Crippen LogP contribution in [0.1, 0.15) is 32.6 Å². The summed E-state index contributed by atoms with van der Waals surface area (Å²) in [6.45, 7) is 3.06. The average Bonchev–Trinajstić information content (AvgIpc) is 2.91. The third-order valence-corrected chi connectivity index (χ3v) is 4.13. The first-order valence-electron chi connectivity index (χ1n) is 7.71. The summed E-state index contributed by atoms with van der Waals surface area (Å²) in [6.07, 6.45) is 8.28. The zero-order valence-electron chi connectivity index (χ0n) is 12.6. The Hall–Kier alpha value is -2.02. The summed E-state index contributed by atoms with van der Waals surface area (Å²) in [4.78, 5) is 20.0. The maximum atomic E-state index is 11.8. The molecule has 118 valence electrons. The van der Waals surface area contributed by atoms with E-state index in [4.69, 9.17) is 9.26 Å². The Balaban J connectivity index is 1.66. The van der Waals surface area contributed by atoms with E-state index in [0.717, 1.165) is 6.42 Å². The summed E-state index contributed by atoms with van der Waals surface area (Å²) in [5, 5.41) is 3.76. The Morgan fingerprint density at radius 3 is 2.86 bits per heavy atom. The van der Waals surface area contributed by atoms with Gasteiger partial charge in [0.05, 0.1) is 19.3 Å². The highest BCUT2D eigenvalue weighted by Crippen LogP contribution is 2.26. The van der Waals surface area contributed by atoms with Gasteiger partial charge in [-0.25, -0.2) is 14.8 Å². The van der Waals surface area contributed by atoms with Crippen LogP contribution in [-0.4, -0.2) is 32.4 Å². The maximum Gasteiger partial charge on any atom is 0.442 e. The van der Waals surface area contributed by atoms with Gasteiger partial charge in [0.15, 0.2) is 5.82 Å². The molecule has 0 radical (unpaired) electrons. The molecule has 0 unspecified atom stereocenters. The largest absolute Gasteiger partial charge is 0.442 e. The minimum Gasteiger partial charge on any atom is -0.376 e. The molecule has 2 aromatic rings. The van der Waals surface area contributed by atoms with Crippen molar-refractivity contribution in [1.82, 2.24) is 19.7 Å². The lowest BCUT2D eigenvalue weighted by Crippen LogP contribution is -2.28. The van der Waals surface area contributed by atoms with E-state index in [1.165, 1.54) is 23.8 Å². The van der Waals surface area contributed by atoms with Crippen LogP contribution < -0.4 is 5.76 Å². The fraction of sp³-hybridized carbons (Fsp3) is 0.600. The molecular formula is C15H20N4O3. The van der Waals surface area contributed by atoms with Crippen molar-refractivity contribution >= 4 is 0 Å². The van der Waals surface area contributed by atoms with Crippen molar-refractivity contribution in [2.24, 2.45) is 5.92 Å². The van der Waals surface area contributed by atoms with Gasteiger partial charge in [0.2, 0.25) is 5.82 Å². The second kappa shape index (κ2) is 6.83. The lowest BCUT2D eigenvalue weighted by atomic mass is 9.88. The van der Waals surface area contributed by atoms with E-state index in [0.29, 0.717) is 30.7 Å². The fourth-order valence-electron chi connectivity index (χ4n) is 2.87. The molecule has 0 bridgehead atoms. The molecule has 0 aromatic carbocycles. The van der Waals surface area contributed by atoms with Crippen LogP contribution in [0.5, 0.6) is 0 Å². The van der Waals surface area contributed by atoms with Crippen molar-refractivity contribution < 1.29 is 9.26 Å². The topological polar surface area (TPSA) is 83.0 Å². The summed E-state index contributed by atoms with van der Waals surface area (Å²) in [7, 11) is 0. The Morgan fingerprint density at radius 2 is 2.09 bits per heavy atom. The van der Waals surface area contributed by atoms with Gasteiger partial charge in [0.25, 0.3) is 0 Å². The molecule has 0 spiro atoms. The van der Waals surface area contributed by atoms with Crippen molar-refractivity contribution in [3.05, 3.63) is 29.0 Å². The smallest absolute Gasteiger partial charge is 0.376 e. The summed E-state index contributed by atoms with van der Waals surface area (Å²) in [5.41, 5.74) is 0. The van der Waals surface area contributed by atoms with Crippen LogP contribution in [-0.2, 0) is 11.3 Å². The minimum atomic E-state index is -0.511. The van der Waals surface area contributed by atoms with Gasteiger partial charge in [-0.1, -0.05) is 24.9 Å². The molecule has 1 fully saturated rings. The molecule has 7 heteroatoms. The molecule has 2 aromatic heterocycles. The Morgan fingerprint density at radius 1 is 1.32 bits per heavy atom. The zero-order valence-corrected chi connectivity index (χ0v) is 12.6. The van der Waals surface area contributed by atoms with E-state index in [1.54, 1.807) is 18.5 Å². The Labute approximate surface area is 128 Å². The normalized spacial score (nSPS) is 21.9. The standard InChI is InChI=1S/C15H20N4O3/c1-11-5-2-3-6-12(11)21-10-9-19-14(18-22-15(19)20)13-16-7-4-8-17-13/h4,7-8,11-12H,2-3,5-6,9-10H2,1H3/t11-,12-/m1/s1. The van der Waals surface area contributed by atoms with E-state index >= 15 is 0 Å². The molecule has 1 saturated carbocycles. The Bertz CT molecular complexity index is 652. The molecule has 1 aliphatic carbocycles. The maximum absolute atomic E-state index is 11.8. The lowest BCUT2D eigenvalue weighted by Gasteiger charge is -2.28. The van der Waals surface area contributed by atoms with Gasteiger partial charge in [0.1, 0.15) is 0 Å². The summed E-state index contributed by atoms with van der Waals surface area (Å²) >= 11 is 0. The monoisotopic (exact) mass is 304 g/mol. The molecule has 0 aliphatic heterocycles. The van der Waals surface area contributed by atoms with Gasteiger partial charge in [-0.15, -0.1) is 0 Å². The van der Waals surface area contributed by atoms with Crippen molar-refractivity contribution in [3.63, 3.8) is 0 Å². The number of hydrogen-bond acceptors (Lipinski definition) is 6. The highest BCUT2D eigenvalue weighted by Gasteiger charge is 2.22. The second-order valence-electron chi connectivity index (χ2n) is 5.67. The number of aromatic nitrogens is 4. The molecule has 22 heavy (non-hydrogen) atoms. The van der Waals surface area contributed by atoms with Gasteiger partial charge >= 0.3 is 5.76 Å². The molecule has 2 heterocycles. The molecule has 7 nitrogen and oxygen atoms in total. The molecule has 0 amide bonds. The van der Waals surface area contributed by atoms with Crippen LogP contribution in [0.4, 0.5) is 0 Å². The fourth-order valence-corrected chi connectivity index (χ4v) is 2.87. The number of hydrogen-bond donors (Lipinski definition) is 0. The molecule has 0 saturated heterocycles. The van der Waals surface area contributed by atoms with E-state index in [2.05, 4.69) is 22.0 Å². The molecule has 1 aliphatic rings. The van der Waals surface area contributed by atoms with Gasteiger partial charge in [-0.2, -0.15) is 0 Å². The van der Waals surface area contributed by atoms with Gasteiger partial charge in [0, 0.05) is 12.4 Å². The summed E-state index contributed by atoms with van der Waals surface area (Å²) in [6, 6.07) is 1.71.